The molecule has 0 radical (unpaired) electrons. The normalized spacial score (nSPS) is 25.2. The summed E-state index contributed by atoms with van der Waals surface area (Å²) < 4.78 is 0. The van der Waals surface area contributed by atoms with Gasteiger partial charge in [0.2, 0.25) is 5.91 Å². The summed E-state index contributed by atoms with van der Waals surface area (Å²) >= 11 is 1.54. The van der Waals surface area contributed by atoms with Crippen LogP contribution in [0.5, 0.6) is 0 Å². The van der Waals surface area contributed by atoms with Crippen LogP contribution in [-0.4, -0.2) is 35.0 Å². The number of likely N-dealkylation sites (tertiary alicyclic amines) is 1. The van der Waals surface area contributed by atoms with Crippen LogP contribution in [0, 0.1) is 5.92 Å². The highest BCUT2D eigenvalue weighted by molar-refractivity contribution is 7.12. The van der Waals surface area contributed by atoms with Crippen LogP contribution in [-0.2, 0) is 9.59 Å². The standard InChI is InChI=1S/C17H20N2O2S/c1-2-12-6-3-4-10-19(12)17(21)13-8-9-14(18-16(13)20)15-7-5-11-22-15/h5,7-9,11-13H,2-4,6,10H2,1H3. The summed E-state index contributed by atoms with van der Waals surface area (Å²) in [6, 6.07) is 4.13. The Balaban J connectivity index is 1.75. The van der Waals surface area contributed by atoms with Gasteiger partial charge in [-0.05, 0) is 43.2 Å². The van der Waals surface area contributed by atoms with E-state index >= 15 is 0 Å². The van der Waals surface area contributed by atoms with Crippen LogP contribution in [0.1, 0.15) is 37.5 Å². The number of piperidine rings is 1. The number of hydrogen-bond acceptors (Lipinski definition) is 3. The summed E-state index contributed by atoms with van der Waals surface area (Å²) in [5, 5.41) is 1.95. The molecule has 0 bridgehead atoms. The average molecular weight is 316 g/mol. The largest absolute Gasteiger partial charge is 0.339 e. The maximum Gasteiger partial charge on any atom is 0.262 e. The van der Waals surface area contributed by atoms with Gasteiger partial charge in [-0.3, -0.25) is 9.59 Å². The fourth-order valence-electron chi connectivity index (χ4n) is 3.14. The lowest BCUT2D eigenvalue weighted by Gasteiger charge is -2.36. The number of rotatable bonds is 3. The van der Waals surface area contributed by atoms with E-state index in [1.54, 1.807) is 23.5 Å². The number of thiophene rings is 1. The Labute approximate surface area is 134 Å². The molecular formula is C17H20N2O2S. The number of aliphatic imine (C=N–C) groups is 1. The van der Waals surface area contributed by atoms with Gasteiger partial charge in [0, 0.05) is 12.6 Å². The number of allylic oxidation sites excluding steroid dienone is 1. The fourth-order valence-corrected chi connectivity index (χ4v) is 3.83. The molecule has 0 aliphatic carbocycles. The molecule has 1 aromatic rings. The van der Waals surface area contributed by atoms with Crippen LogP contribution in [0.25, 0.3) is 0 Å². The third-order valence-corrected chi connectivity index (χ3v) is 5.26. The highest BCUT2D eigenvalue weighted by Crippen LogP contribution is 2.24. The van der Waals surface area contributed by atoms with E-state index in [4.69, 9.17) is 0 Å². The molecular weight excluding hydrogens is 296 g/mol. The van der Waals surface area contributed by atoms with Gasteiger partial charge < -0.3 is 4.90 Å². The van der Waals surface area contributed by atoms with Crippen LogP contribution in [0.2, 0.25) is 0 Å². The molecule has 116 valence electrons. The van der Waals surface area contributed by atoms with Gasteiger partial charge in [-0.2, -0.15) is 0 Å². The molecule has 22 heavy (non-hydrogen) atoms. The SMILES string of the molecule is CCC1CCCCN1C(=O)C1C=CC(c2cccs2)=NC1=O. The van der Waals surface area contributed by atoms with E-state index in [0.29, 0.717) is 5.71 Å². The van der Waals surface area contributed by atoms with Gasteiger partial charge >= 0.3 is 0 Å². The maximum atomic E-state index is 12.7. The quantitative estimate of drug-likeness (QED) is 0.805. The molecule has 2 unspecified atom stereocenters. The van der Waals surface area contributed by atoms with Gasteiger partial charge in [-0.1, -0.05) is 19.1 Å². The number of hydrogen-bond donors (Lipinski definition) is 0. The number of nitrogens with zero attached hydrogens (tertiary/aromatic N) is 2. The Morgan fingerprint density at radius 2 is 2.32 bits per heavy atom. The smallest absolute Gasteiger partial charge is 0.262 e. The molecule has 2 amide bonds. The molecule has 3 heterocycles. The number of amides is 2. The third kappa shape index (κ3) is 2.90. The minimum atomic E-state index is -0.740. The first-order valence-corrected chi connectivity index (χ1v) is 8.73. The first-order valence-electron chi connectivity index (χ1n) is 7.85. The highest BCUT2D eigenvalue weighted by atomic mass is 32.1. The molecule has 2 aliphatic heterocycles. The summed E-state index contributed by atoms with van der Waals surface area (Å²) in [5.41, 5.74) is 0.662. The Hall–Kier alpha value is -1.75. The molecule has 0 saturated carbocycles. The number of carbonyl (C=O) groups excluding carboxylic acids is 2. The summed E-state index contributed by atoms with van der Waals surface area (Å²) in [5.74, 6) is -1.16. The first-order chi connectivity index (χ1) is 10.7. The second kappa shape index (κ2) is 6.57. The second-order valence-corrected chi connectivity index (χ2v) is 6.69. The molecule has 1 saturated heterocycles. The Morgan fingerprint density at radius 3 is 3.00 bits per heavy atom. The summed E-state index contributed by atoms with van der Waals surface area (Å²) in [7, 11) is 0. The van der Waals surface area contributed by atoms with Gasteiger partial charge in [0.1, 0.15) is 5.92 Å². The number of carbonyl (C=O) groups is 2. The second-order valence-electron chi connectivity index (χ2n) is 5.74. The van der Waals surface area contributed by atoms with Crippen molar-refractivity contribution in [3.05, 3.63) is 34.5 Å². The van der Waals surface area contributed by atoms with Gasteiger partial charge in [-0.25, -0.2) is 4.99 Å². The minimum absolute atomic E-state index is 0.0817. The Morgan fingerprint density at radius 1 is 1.45 bits per heavy atom. The summed E-state index contributed by atoms with van der Waals surface area (Å²) in [4.78, 5) is 32.0. The van der Waals surface area contributed by atoms with Crippen molar-refractivity contribution in [2.24, 2.45) is 10.9 Å². The molecule has 0 spiro atoms. The van der Waals surface area contributed by atoms with E-state index in [1.165, 1.54) is 0 Å². The molecule has 4 nitrogen and oxygen atoms in total. The predicted octanol–water partition coefficient (Wildman–Crippen LogP) is 3.04. The van der Waals surface area contributed by atoms with Gasteiger partial charge in [0.05, 0.1) is 10.6 Å². The van der Waals surface area contributed by atoms with E-state index < -0.39 is 5.92 Å². The molecule has 5 heteroatoms. The van der Waals surface area contributed by atoms with E-state index in [9.17, 15) is 9.59 Å². The Kier molecular flexibility index (Phi) is 4.52. The highest BCUT2D eigenvalue weighted by Gasteiger charge is 2.34. The van der Waals surface area contributed by atoms with Gasteiger partial charge in [0.15, 0.2) is 0 Å². The zero-order valence-corrected chi connectivity index (χ0v) is 13.5. The maximum absolute atomic E-state index is 12.7. The molecule has 0 N–H and O–H groups in total. The van der Waals surface area contributed by atoms with E-state index in [0.717, 1.165) is 37.1 Å². The van der Waals surface area contributed by atoms with Crippen LogP contribution in [0.3, 0.4) is 0 Å². The zero-order chi connectivity index (χ0) is 15.5. The van der Waals surface area contributed by atoms with Crippen LogP contribution >= 0.6 is 11.3 Å². The van der Waals surface area contributed by atoms with Crippen molar-refractivity contribution in [2.45, 2.75) is 38.6 Å². The number of dihydropyridines is 1. The molecule has 1 aromatic heterocycles. The first kappa shape index (κ1) is 15.2. The van der Waals surface area contributed by atoms with Gasteiger partial charge in [0.25, 0.3) is 5.91 Å². The predicted molar refractivity (Wildman–Crippen MR) is 88.1 cm³/mol. The minimum Gasteiger partial charge on any atom is -0.339 e. The van der Waals surface area contributed by atoms with Crippen molar-refractivity contribution in [3.63, 3.8) is 0 Å². The lowest BCUT2D eigenvalue weighted by molar-refractivity contribution is -0.142. The molecule has 1 fully saturated rings. The van der Waals surface area contributed by atoms with Crippen molar-refractivity contribution < 1.29 is 9.59 Å². The zero-order valence-electron chi connectivity index (χ0n) is 12.7. The van der Waals surface area contributed by atoms with E-state index in [2.05, 4.69) is 11.9 Å². The fraction of sp³-hybridized carbons (Fsp3) is 0.471. The summed E-state index contributed by atoms with van der Waals surface area (Å²) in [6.07, 6.45) is 7.69. The van der Waals surface area contributed by atoms with Crippen molar-refractivity contribution in [2.75, 3.05) is 6.54 Å². The van der Waals surface area contributed by atoms with E-state index in [-0.39, 0.29) is 17.9 Å². The Bertz CT molecular complexity index is 619. The lowest BCUT2D eigenvalue weighted by atomic mass is 9.96. The molecule has 2 aliphatic rings. The van der Waals surface area contributed by atoms with Crippen molar-refractivity contribution >= 4 is 28.9 Å². The van der Waals surface area contributed by atoms with Crippen molar-refractivity contribution in [1.82, 2.24) is 4.90 Å². The van der Waals surface area contributed by atoms with Crippen LogP contribution in [0.15, 0.2) is 34.7 Å². The summed E-state index contributed by atoms with van der Waals surface area (Å²) in [6.45, 7) is 2.86. The molecule has 3 rings (SSSR count). The van der Waals surface area contributed by atoms with Crippen LogP contribution in [0.4, 0.5) is 0 Å². The average Bonchev–Trinajstić information content (AvgIpc) is 3.08. The topological polar surface area (TPSA) is 49.7 Å². The van der Waals surface area contributed by atoms with Crippen LogP contribution < -0.4 is 0 Å². The van der Waals surface area contributed by atoms with Crippen molar-refractivity contribution in [1.29, 1.82) is 0 Å². The van der Waals surface area contributed by atoms with Crippen molar-refractivity contribution in [3.8, 4) is 0 Å². The monoisotopic (exact) mass is 316 g/mol. The molecule has 2 atom stereocenters. The van der Waals surface area contributed by atoms with E-state index in [1.807, 2.05) is 22.4 Å². The molecule has 0 aromatic carbocycles. The van der Waals surface area contributed by atoms with Gasteiger partial charge in [-0.15, -0.1) is 11.3 Å². The lowest BCUT2D eigenvalue weighted by Crippen LogP contribution is -2.47. The third-order valence-electron chi connectivity index (χ3n) is 4.36.